The molecule has 0 unspecified atom stereocenters. The van der Waals surface area contributed by atoms with Crippen LogP contribution in [0.4, 0.5) is 0 Å². The molecule has 0 saturated heterocycles. The summed E-state index contributed by atoms with van der Waals surface area (Å²) in [5, 5.41) is 10.3. The van der Waals surface area contributed by atoms with Gasteiger partial charge in [-0.1, -0.05) is 11.6 Å². The van der Waals surface area contributed by atoms with Crippen LogP contribution in [0.15, 0.2) is 12.3 Å². The number of pyridine rings is 1. The van der Waals surface area contributed by atoms with E-state index in [1.807, 2.05) is 18.5 Å². The highest BCUT2D eigenvalue weighted by molar-refractivity contribution is 6.29. The summed E-state index contributed by atoms with van der Waals surface area (Å²) < 4.78 is 1.81. The predicted octanol–water partition coefficient (Wildman–Crippen LogP) is 2.41. The molecule has 0 saturated carbocycles. The van der Waals surface area contributed by atoms with Gasteiger partial charge >= 0.3 is 0 Å². The van der Waals surface area contributed by atoms with E-state index in [0.29, 0.717) is 10.7 Å². The van der Waals surface area contributed by atoms with Crippen molar-refractivity contribution < 1.29 is 0 Å². The van der Waals surface area contributed by atoms with Gasteiger partial charge in [0, 0.05) is 18.6 Å². The van der Waals surface area contributed by atoms with E-state index >= 15 is 0 Å². The summed E-state index contributed by atoms with van der Waals surface area (Å²) in [4.78, 5) is 4.18. The van der Waals surface area contributed by atoms with Crippen LogP contribution in [0.25, 0.3) is 11.0 Å². The normalized spacial score (nSPS) is 10.4. The maximum Gasteiger partial charge on any atom is 0.143 e. The number of fused-ring (bicyclic) bond motifs is 1. The first-order valence-electron chi connectivity index (χ1n) is 4.15. The van der Waals surface area contributed by atoms with Gasteiger partial charge in [0.05, 0.1) is 5.56 Å². The van der Waals surface area contributed by atoms with Crippen LogP contribution in [0.5, 0.6) is 0 Å². The minimum atomic E-state index is 0.459. The average Bonchev–Trinajstić information content (AvgIpc) is 2.43. The van der Waals surface area contributed by atoms with Crippen LogP contribution in [0, 0.1) is 18.3 Å². The topological polar surface area (TPSA) is 41.6 Å². The predicted molar refractivity (Wildman–Crippen MR) is 55.2 cm³/mol. The number of aromatic nitrogens is 2. The average molecular weight is 206 g/mol. The van der Waals surface area contributed by atoms with Gasteiger partial charge in [-0.15, -0.1) is 0 Å². The van der Waals surface area contributed by atoms with Gasteiger partial charge in [-0.2, -0.15) is 5.26 Å². The molecule has 0 aliphatic heterocycles. The number of nitriles is 1. The molecule has 0 aliphatic rings. The van der Waals surface area contributed by atoms with E-state index < -0.39 is 0 Å². The third kappa shape index (κ3) is 1.16. The molecule has 2 aromatic heterocycles. The van der Waals surface area contributed by atoms with Crippen LogP contribution in [0.2, 0.25) is 5.15 Å². The Bertz CT molecular complexity index is 548. The Morgan fingerprint density at radius 3 is 2.93 bits per heavy atom. The van der Waals surface area contributed by atoms with Crippen molar-refractivity contribution in [1.82, 2.24) is 9.55 Å². The van der Waals surface area contributed by atoms with Crippen molar-refractivity contribution >= 4 is 22.6 Å². The molecule has 2 aromatic rings. The van der Waals surface area contributed by atoms with E-state index in [1.54, 1.807) is 12.3 Å². The SMILES string of the molecule is Cc1cc(Cl)nc2c1c(C#N)cn2C. The number of nitrogens with zero attached hydrogens (tertiary/aromatic N) is 3. The summed E-state index contributed by atoms with van der Waals surface area (Å²) in [5.41, 5.74) is 2.38. The van der Waals surface area contributed by atoms with E-state index in [9.17, 15) is 0 Å². The molecule has 0 atom stereocenters. The molecule has 0 fully saturated rings. The molecule has 2 heterocycles. The molecule has 0 aliphatic carbocycles. The van der Waals surface area contributed by atoms with Crippen molar-refractivity contribution in [3.63, 3.8) is 0 Å². The molecule has 4 heteroatoms. The zero-order valence-corrected chi connectivity index (χ0v) is 8.63. The highest BCUT2D eigenvalue weighted by atomic mass is 35.5. The first-order chi connectivity index (χ1) is 6.63. The van der Waals surface area contributed by atoms with Gasteiger partial charge in [0.25, 0.3) is 0 Å². The summed E-state index contributed by atoms with van der Waals surface area (Å²) in [7, 11) is 1.85. The van der Waals surface area contributed by atoms with Gasteiger partial charge in [0.2, 0.25) is 0 Å². The lowest BCUT2D eigenvalue weighted by Gasteiger charge is -1.99. The van der Waals surface area contributed by atoms with Crippen LogP contribution >= 0.6 is 11.6 Å². The fraction of sp³-hybridized carbons (Fsp3) is 0.200. The lowest BCUT2D eigenvalue weighted by atomic mass is 10.1. The zero-order valence-electron chi connectivity index (χ0n) is 7.87. The van der Waals surface area contributed by atoms with E-state index in [1.165, 1.54) is 0 Å². The molecule has 0 aromatic carbocycles. The van der Waals surface area contributed by atoms with Crippen LogP contribution in [-0.4, -0.2) is 9.55 Å². The first kappa shape index (κ1) is 9.04. The summed E-state index contributed by atoms with van der Waals surface area (Å²) in [6, 6.07) is 3.92. The quantitative estimate of drug-likeness (QED) is 0.620. The number of hydrogen-bond donors (Lipinski definition) is 0. The van der Waals surface area contributed by atoms with Crippen LogP contribution in [0.1, 0.15) is 11.1 Å². The highest BCUT2D eigenvalue weighted by Gasteiger charge is 2.10. The van der Waals surface area contributed by atoms with Gasteiger partial charge < -0.3 is 4.57 Å². The summed E-state index contributed by atoms with van der Waals surface area (Å²) in [5.74, 6) is 0. The van der Waals surface area contributed by atoms with Crippen LogP contribution < -0.4 is 0 Å². The zero-order chi connectivity index (χ0) is 10.3. The van der Waals surface area contributed by atoms with E-state index in [0.717, 1.165) is 16.6 Å². The Labute approximate surface area is 86.5 Å². The molecule has 0 spiro atoms. The molecule has 14 heavy (non-hydrogen) atoms. The fourth-order valence-electron chi connectivity index (χ4n) is 1.61. The summed E-state index contributed by atoms with van der Waals surface area (Å²) in [6.45, 7) is 1.93. The van der Waals surface area contributed by atoms with E-state index in [4.69, 9.17) is 16.9 Å². The number of halogens is 1. The second-order valence-electron chi connectivity index (χ2n) is 3.23. The lowest BCUT2D eigenvalue weighted by Crippen LogP contribution is -1.89. The molecule has 0 amide bonds. The van der Waals surface area contributed by atoms with Gasteiger partial charge in [-0.05, 0) is 18.6 Å². The molecular formula is C10H8ClN3. The third-order valence-electron chi connectivity index (χ3n) is 2.21. The minimum absolute atomic E-state index is 0.459. The Balaban J connectivity index is 2.98. The van der Waals surface area contributed by atoms with Crippen molar-refractivity contribution in [2.24, 2.45) is 7.05 Å². The van der Waals surface area contributed by atoms with Gasteiger partial charge in [0.15, 0.2) is 0 Å². The first-order valence-corrected chi connectivity index (χ1v) is 4.53. The maximum atomic E-state index is 8.92. The monoisotopic (exact) mass is 205 g/mol. The van der Waals surface area contributed by atoms with E-state index in [-0.39, 0.29) is 0 Å². The molecule has 0 bridgehead atoms. The minimum Gasteiger partial charge on any atom is -0.334 e. The smallest absolute Gasteiger partial charge is 0.143 e. The lowest BCUT2D eigenvalue weighted by molar-refractivity contribution is 0.946. The third-order valence-corrected chi connectivity index (χ3v) is 2.41. The van der Waals surface area contributed by atoms with Crippen molar-refractivity contribution in [3.8, 4) is 6.07 Å². The van der Waals surface area contributed by atoms with Gasteiger partial charge in [-0.25, -0.2) is 4.98 Å². The Morgan fingerprint density at radius 1 is 1.57 bits per heavy atom. The van der Waals surface area contributed by atoms with Crippen LogP contribution in [-0.2, 0) is 7.05 Å². The second-order valence-corrected chi connectivity index (χ2v) is 3.61. The van der Waals surface area contributed by atoms with E-state index in [2.05, 4.69) is 11.1 Å². The maximum absolute atomic E-state index is 8.92. The number of aryl methyl sites for hydroxylation is 2. The molecule has 2 rings (SSSR count). The largest absolute Gasteiger partial charge is 0.334 e. The Hall–Kier alpha value is -1.53. The van der Waals surface area contributed by atoms with Crippen molar-refractivity contribution in [1.29, 1.82) is 5.26 Å². The number of rotatable bonds is 0. The fourth-order valence-corrected chi connectivity index (χ4v) is 1.85. The Kier molecular flexibility index (Phi) is 1.94. The summed E-state index contributed by atoms with van der Waals surface area (Å²) in [6.07, 6.45) is 1.76. The molecule has 70 valence electrons. The van der Waals surface area contributed by atoms with Crippen LogP contribution in [0.3, 0.4) is 0 Å². The second kappa shape index (κ2) is 3.00. The molecule has 0 N–H and O–H groups in total. The molecule has 3 nitrogen and oxygen atoms in total. The van der Waals surface area contributed by atoms with Crippen molar-refractivity contribution in [2.75, 3.05) is 0 Å². The van der Waals surface area contributed by atoms with Gasteiger partial charge in [-0.3, -0.25) is 0 Å². The van der Waals surface area contributed by atoms with Crippen molar-refractivity contribution in [2.45, 2.75) is 6.92 Å². The molecule has 0 radical (unpaired) electrons. The number of hydrogen-bond acceptors (Lipinski definition) is 2. The van der Waals surface area contributed by atoms with Crippen molar-refractivity contribution in [3.05, 3.63) is 28.5 Å². The Morgan fingerprint density at radius 2 is 2.29 bits per heavy atom. The summed E-state index contributed by atoms with van der Waals surface area (Å²) >= 11 is 5.84. The molecular weight excluding hydrogens is 198 g/mol. The highest BCUT2D eigenvalue weighted by Crippen LogP contribution is 2.24. The van der Waals surface area contributed by atoms with Gasteiger partial charge in [0.1, 0.15) is 16.9 Å². The standard InChI is InChI=1S/C10H8ClN3/c1-6-3-8(11)13-10-9(6)7(4-12)5-14(10)2/h3,5H,1-2H3.